The SMILES string of the molecule is CCCOC(=O)c1ccc(OC(=O)c2ccccc2I)cc1. The summed E-state index contributed by atoms with van der Waals surface area (Å²) in [7, 11) is 0. The van der Waals surface area contributed by atoms with Gasteiger partial charge in [-0.05, 0) is 65.4 Å². The topological polar surface area (TPSA) is 52.6 Å². The molecule has 0 amide bonds. The Morgan fingerprint density at radius 3 is 2.32 bits per heavy atom. The van der Waals surface area contributed by atoms with Gasteiger partial charge in [0, 0.05) is 3.57 Å². The van der Waals surface area contributed by atoms with Crippen molar-refractivity contribution in [1.29, 1.82) is 0 Å². The summed E-state index contributed by atoms with van der Waals surface area (Å²) >= 11 is 2.08. The van der Waals surface area contributed by atoms with E-state index in [0.29, 0.717) is 23.5 Å². The lowest BCUT2D eigenvalue weighted by atomic mass is 10.2. The number of hydrogen-bond donors (Lipinski definition) is 0. The summed E-state index contributed by atoms with van der Waals surface area (Å²) < 4.78 is 11.2. The van der Waals surface area contributed by atoms with E-state index in [2.05, 4.69) is 22.6 Å². The van der Waals surface area contributed by atoms with Crippen LogP contribution in [0.15, 0.2) is 48.5 Å². The molecule has 0 unspecified atom stereocenters. The highest BCUT2D eigenvalue weighted by molar-refractivity contribution is 14.1. The second-order valence-corrected chi connectivity index (χ2v) is 5.69. The molecule has 22 heavy (non-hydrogen) atoms. The van der Waals surface area contributed by atoms with Gasteiger partial charge in [-0.2, -0.15) is 0 Å². The number of hydrogen-bond acceptors (Lipinski definition) is 4. The van der Waals surface area contributed by atoms with Crippen LogP contribution >= 0.6 is 22.6 Å². The zero-order valence-electron chi connectivity index (χ0n) is 12.0. The van der Waals surface area contributed by atoms with Crippen molar-refractivity contribution in [3.8, 4) is 5.75 Å². The van der Waals surface area contributed by atoms with Gasteiger partial charge in [-0.1, -0.05) is 19.1 Å². The van der Waals surface area contributed by atoms with Gasteiger partial charge >= 0.3 is 11.9 Å². The van der Waals surface area contributed by atoms with Gasteiger partial charge in [0.1, 0.15) is 5.75 Å². The molecule has 0 fully saturated rings. The van der Waals surface area contributed by atoms with Crippen LogP contribution in [0.4, 0.5) is 0 Å². The second kappa shape index (κ2) is 7.93. The van der Waals surface area contributed by atoms with Crippen LogP contribution in [0, 0.1) is 3.57 Å². The summed E-state index contributed by atoms with van der Waals surface area (Å²) in [5, 5.41) is 0. The van der Waals surface area contributed by atoms with E-state index in [-0.39, 0.29) is 5.97 Å². The molecular weight excluding hydrogens is 395 g/mol. The monoisotopic (exact) mass is 410 g/mol. The Kier molecular flexibility index (Phi) is 5.94. The minimum atomic E-state index is -0.425. The number of carbonyl (C=O) groups is 2. The molecular formula is C17H15IO4. The number of rotatable bonds is 5. The Bertz CT molecular complexity index is 665. The van der Waals surface area contributed by atoms with Crippen LogP contribution in [-0.4, -0.2) is 18.5 Å². The normalized spacial score (nSPS) is 10.1. The van der Waals surface area contributed by atoms with Crippen molar-refractivity contribution in [2.24, 2.45) is 0 Å². The van der Waals surface area contributed by atoms with Gasteiger partial charge in [-0.3, -0.25) is 0 Å². The fraction of sp³-hybridized carbons (Fsp3) is 0.176. The molecule has 5 heteroatoms. The summed E-state index contributed by atoms with van der Waals surface area (Å²) in [5.74, 6) is -0.416. The molecule has 2 rings (SSSR count). The zero-order chi connectivity index (χ0) is 15.9. The summed E-state index contributed by atoms with van der Waals surface area (Å²) in [4.78, 5) is 23.7. The minimum Gasteiger partial charge on any atom is -0.462 e. The molecule has 0 bridgehead atoms. The lowest BCUT2D eigenvalue weighted by molar-refractivity contribution is 0.0505. The lowest BCUT2D eigenvalue weighted by Crippen LogP contribution is -2.10. The average molecular weight is 410 g/mol. The van der Waals surface area contributed by atoms with Gasteiger partial charge in [-0.25, -0.2) is 9.59 Å². The molecule has 0 heterocycles. The van der Waals surface area contributed by atoms with E-state index in [1.165, 1.54) is 0 Å². The number of benzene rings is 2. The smallest absolute Gasteiger partial charge is 0.344 e. The third-order valence-electron chi connectivity index (χ3n) is 2.83. The largest absolute Gasteiger partial charge is 0.462 e. The molecule has 0 aliphatic carbocycles. The first kappa shape index (κ1) is 16.5. The van der Waals surface area contributed by atoms with Gasteiger partial charge in [-0.15, -0.1) is 0 Å². The van der Waals surface area contributed by atoms with Crippen LogP contribution in [-0.2, 0) is 4.74 Å². The first-order valence-corrected chi connectivity index (χ1v) is 7.93. The molecule has 0 aliphatic heterocycles. The highest BCUT2D eigenvalue weighted by Crippen LogP contribution is 2.17. The Balaban J connectivity index is 2.04. The highest BCUT2D eigenvalue weighted by atomic mass is 127. The van der Waals surface area contributed by atoms with Gasteiger partial charge < -0.3 is 9.47 Å². The highest BCUT2D eigenvalue weighted by Gasteiger charge is 2.12. The molecule has 2 aromatic rings. The van der Waals surface area contributed by atoms with Crippen LogP contribution < -0.4 is 4.74 Å². The molecule has 4 nitrogen and oxygen atoms in total. The third-order valence-corrected chi connectivity index (χ3v) is 3.77. The standard InChI is InChI=1S/C17H15IO4/c1-2-11-21-16(19)12-7-9-13(10-8-12)22-17(20)14-5-3-4-6-15(14)18/h3-10H,2,11H2,1H3. The average Bonchev–Trinajstić information content (AvgIpc) is 2.53. The van der Waals surface area contributed by atoms with Crippen molar-refractivity contribution in [2.75, 3.05) is 6.61 Å². The van der Waals surface area contributed by atoms with Crippen molar-refractivity contribution in [3.63, 3.8) is 0 Å². The summed E-state index contributed by atoms with van der Waals surface area (Å²) in [6.45, 7) is 2.32. The fourth-order valence-corrected chi connectivity index (χ4v) is 2.33. The number of ether oxygens (including phenoxy) is 2. The van der Waals surface area contributed by atoms with Crippen LogP contribution in [0.5, 0.6) is 5.75 Å². The van der Waals surface area contributed by atoms with Crippen LogP contribution in [0.3, 0.4) is 0 Å². The van der Waals surface area contributed by atoms with E-state index in [4.69, 9.17) is 9.47 Å². The number of carbonyl (C=O) groups excluding carboxylic acids is 2. The first-order chi connectivity index (χ1) is 10.6. The molecule has 0 N–H and O–H groups in total. The predicted octanol–water partition coefficient (Wildman–Crippen LogP) is 4.08. The van der Waals surface area contributed by atoms with E-state index in [0.717, 1.165) is 9.99 Å². The van der Waals surface area contributed by atoms with Crippen molar-refractivity contribution < 1.29 is 19.1 Å². The Morgan fingerprint density at radius 2 is 1.68 bits per heavy atom. The first-order valence-electron chi connectivity index (χ1n) is 6.85. The maximum absolute atomic E-state index is 12.1. The van der Waals surface area contributed by atoms with Crippen molar-refractivity contribution in [1.82, 2.24) is 0 Å². The van der Waals surface area contributed by atoms with E-state index in [9.17, 15) is 9.59 Å². The number of halogens is 1. The zero-order valence-corrected chi connectivity index (χ0v) is 14.2. The Hall–Kier alpha value is -1.89. The van der Waals surface area contributed by atoms with E-state index in [1.54, 1.807) is 36.4 Å². The lowest BCUT2D eigenvalue weighted by Gasteiger charge is -2.07. The molecule has 0 aliphatic rings. The quantitative estimate of drug-likeness (QED) is 0.424. The van der Waals surface area contributed by atoms with Crippen molar-refractivity contribution in [2.45, 2.75) is 13.3 Å². The van der Waals surface area contributed by atoms with Gasteiger partial charge in [0.2, 0.25) is 0 Å². The summed E-state index contributed by atoms with van der Waals surface area (Å²) in [6, 6.07) is 13.5. The molecule has 0 atom stereocenters. The molecule has 0 radical (unpaired) electrons. The molecule has 0 saturated carbocycles. The van der Waals surface area contributed by atoms with Crippen molar-refractivity contribution >= 4 is 34.5 Å². The predicted molar refractivity (Wildman–Crippen MR) is 91.1 cm³/mol. The third kappa shape index (κ3) is 4.30. The van der Waals surface area contributed by atoms with E-state index < -0.39 is 5.97 Å². The molecule has 0 aromatic heterocycles. The molecule has 0 spiro atoms. The second-order valence-electron chi connectivity index (χ2n) is 4.53. The summed E-state index contributed by atoms with van der Waals surface area (Å²) in [5.41, 5.74) is 0.942. The van der Waals surface area contributed by atoms with Crippen LogP contribution in [0.1, 0.15) is 34.1 Å². The Labute approximate surface area is 142 Å². The Morgan fingerprint density at radius 1 is 1.00 bits per heavy atom. The van der Waals surface area contributed by atoms with E-state index >= 15 is 0 Å². The molecule has 0 saturated heterocycles. The van der Waals surface area contributed by atoms with Gasteiger partial charge in [0.05, 0.1) is 17.7 Å². The van der Waals surface area contributed by atoms with Crippen molar-refractivity contribution in [3.05, 3.63) is 63.2 Å². The van der Waals surface area contributed by atoms with Gasteiger partial charge in [0.25, 0.3) is 0 Å². The van der Waals surface area contributed by atoms with E-state index in [1.807, 2.05) is 19.1 Å². The maximum Gasteiger partial charge on any atom is 0.344 e. The number of esters is 2. The van der Waals surface area contributed by atoms with Gasteiger partial charge in [0.15, 0.2) is 0 Å². The summed E-state index contributed by atoms with van der Waals surface area (Å²) in [6.07, 6.45) is 0.775. The van der Waals surface area contributed by atoms with Crippen LogP contribution in [0.25, 0.3) is 0 Å². The van der Waals surface area contributed by atoms with Crippen LogP contribution in [0.2, 0.25) is 0 Å². The molecule has 2 aromatic carbocycles. The fourth-order valence-electron chi connectivity index (χ4n) is 1.73. The minimum absolute atomic E-state index is 0.377. The maximum atomic E-state index is 12.1. The molecule has 114 valence electrons.